The molecule has 1 nitrogen and oxygen atoms in total. The monoisotopic (exact) mass is 221 g/mol. The van der Waals surface area contributed by atoms with Crippen LogP contribution < -0.4 is 0 Å². The highest BCUT2D eigenvalue weighted by Crippen LogP contribution is 2.34. The van der Waals surface area contributed by atoms with E-state index in [0.717, 1.165) is 17.8 Å². The van der Waals surface area contributed by atoms with E-state index in [0.29, 0.717) is 0 Å². The van der Waals surface area contributed by atoms with Gasteiger partial charge in [0.1, 0.15) is 0 Å². The van der Waals surface area contributed by atoms with Crippen LogP contribution in [0, 0.1) is 17.8 Å². The first-order valence-electron chi connectivity index (χ1n) is 7.06. The van der Waals surface area contributed by atoms with E-state index >= 15 is 0 Å². The van der Waals surface area contributed by atoms with Gasteiger partial charge in [-0.05, 0) is 57.0 Å². The van der Waals surface area contributed by atoms with E-state index in [1.165, 1.54) is 45.3 Å². The molecule has 0 spiro atoms. The minimum atomic E-state index is 0.783. The van der Waals surface area contributed by atoms with Gasteiger partial charge >= 0.3 is 0 Å². The molecule has 0 radical (unpaired) electrons. The normalized spacial score (nSPS) is 37.2. The van der Waals surface area contributed by atoms with Crippen LogP contribution in [0.15, 0.2) is 11.6 Å². The van der Waals surface area contributed by atoms with Crippen LogP contribution >= 0.6 is 0 Å². The molecule has 2 aliphatic rings. The lowest BCUT2D eigenvalue weighted by molar-refractivity contribution is 0.141. The Morgan fingerprint density at radius 2 is 1.88 bits per heavy atom. The van der Waals surface area contributed by atoms with E-state index in [9.17, 15) is 0 Å². The number of likely N-dealkylation sites (tertiary alicyclic amines) is 1. The van der Waals surface area contributed by atoms with Crippen LogP contribution in [0.5, 0.6) is 0 Å². The summed E-state index contributed by atoms with van der Waals surface area (Å²) < 4.78 is 0. The second-order valence-electron chi connectivity index (χ2n) is 6.08. The maximum atomic E-state index is 2.70. The van der Waals surface area contributed by atoms with Gasteiger partial charge < -0.3 is 4.90 Å². The second-order valence-corrected chi connectivity index (χ2v) is 6.08. The summed E-state index contributed by atoms with van der Waals surface area (Å²) in [7, 11) is 0. The van der Waals surface area contributed by atoms with Crippen LogP contribution in [-0.2, 0) is 0 Å². The molecule has 16 heavy (non-hydrogen) atoms. The van der Waals surface area contributed by atoms with Gasteiger partial charge in [0.2, 0.25) is 0 Å². The van der Waals surface area contributed by atoms with Crippen molar-refractivity contribution in [1.29, 1.82) is 0 Å². The average molecular weight is 221 g/mol. The Morgan fingerprint density at radius 1 is 1.19 bits per heavy atom. The molecule has 1 aliphatic heterocycles. The first kappa shape index (κ1) is 12.2. The molecule has 0 unspecified atom stereocenters. The molecule has 0 N–H and O–H groups in total. The number of hydrogen-bond donors (Lipinski definition) is 0. The topological polar surface area (TPSA) is 3.24 Å². The van der Waals surface area contributed by atoms with Gasteiger partial charge in [0.05, 0.1) is 0 Å². The highest BCUT2D eigenvalue weighted by Gasteiger charge is 2.28. The summed E-state index contributed by atoms with van der Waals surface area (Å²) in [6.45, 7) is 11.2. The van der Waals surface area contributed by atoms with Crippen LogP contribution in [0.1, 0.15) is 46.5 Å². The van der Waals surface area contributed by atoms with Crippen molar-refractivity contribution >= 4 is 0 Å². The molecule has 0 saturated carbocycles. The third-order valence-corrected chi connectivity index (χ3v) is 4.52. The van der Waals surface area contributed by atoms with E-state index in [2.05, 4.69) is 31.7 Å². The molecule has 1 aliphatic carbocycles. The predicted octanol–water partition coefficient (Wildman–Crippen LogP) is 3.71. The van der Waals surface area contributed by atoms with Crippen LogP contribution in [0.2, 0.25) is 0 Å². The molecule has 3 atom stereocenters. The molecule has 92 valence electrons. The van der Waals surface area contributed by atoms with Crippen LogP contribution in [0.25, 0.3) is 0 Å². The fraction of sp³-hybridized carbons (Fsp3) is 0.867. The molecule has 1 fully saturated rings. The predicted molar refractivity (Wildman–Crippen MR) is 70.5 cm³/mol. The van der Waals surface area contributed by atoms with E-state index in [4.69, 9.17) is 0 Å². The smallest absolute Gasteiger partial charge is 0.00178 e. The third kappa shape index (κ3) is 2.88. The second kappa shape index (κ2) is 5.35. The van der Waals surface area contributed by atoms with Crippen molar-refractivity contribution in [2.24, 2.45) is 17.8 Å². The van der Waals surface area contributed by atoms with Gasteiger partial charge in [-0.3, -0.25) is 0 Å². The molecule has 2 rings (SSSR count). The van der Waals surface area contributed by atoms with Crippen molar-refractivity contribution in [3.63, 3.8) is 0 Å². The molecule has 0 aromatic heterocycles. The minimum Gasteiger partial charge on any atom is -0.303 e. The molecule has 0 bridgehead atoms. The lowest BCUT2D eigenvalue weighted by Gasteiger charge is -2.38. The largest absolute Gasteiger partial charge is 0.303 e. The zero-order chi connectivity index (χ0) is 11.5. The number of rotatable bonds is 2. The van der Waals surface area contributed by atoms with Crippen molar-refractivity contribution in [1.82, 2.24) is 4.90 Å². The highest BCUT2D eigenvalue weighted by molar-refractivity contribution is 5.08. The van der Waals surface area contributed by atoms with E-state index in [-0.39, 0.29) is 0 Å². The zero-order valence-electron chi connectivity index (χ0n) is 11.2. The number of allylic oxidation sites excluding steroid dienone is 2. The van der Waals surface area contributed by atoms with Crippen LogP contribution in [0.4, 0.5) is 0 Å². The number of hydrogen-bond acceptors (Lipinski definition) is 1. The van der Waals surface area contributed by atoms with Crippen molar-refractivity contribution in [2.75, 3.05) is 19.6 Å². The summed E-state index contributed by atoms with van der Waals surface area (Å²) in [4.78, 5) is 2.70. The van der Waals surface area contributed by atoms with E-state index in [1.807, 2.05) is 0 Å². The molecular formula is C15H27N. The molecular weight excluding hydrogens is 194 g/mol. The van der Waals surface area contributed by atoms with Crippen molar-refractivity contribution in [2.45, 2.75) is 46.5 Å². The van der Waals surface area contributed by atoms with Gasteiger partial charge in [-0.1, -0.05) is 31.9 Å². The number of piperidine rings is 1. The van der Waals surface area contributed by atoms with Crippen LogP contribution in [-0.4, -0.2) is 24.5 Å². The number of nitrogens with zero attached hydrogens (tertiary/aromatic N) is 1. The zero-order valence-corrected chi connectivity index (χ0v) is 11.2. The summed E-state index contributed by atoms with van der Waals surface area (Å²) >= 11 is 0. The Labute approximate surface area is 101 Å². The summed E-state index contributed by atoms with van der Waals surface area (Å²) in [5, 5.41) is 0. The summed E-state index contributed by atoms with van der Waals surface area (Å²) in [5.41, 5.74) is 1.61. The van der Waals surface area contributed by atoms with Crippen molar-refractivity contribution < 1.29 is 0 Å². The molecule has 0 aromatic carbocycles. The van der Waals surface area contributed by atoms with E-state index < -0.39 is 0 Å². The van der Waals surface area contributed by atoms with Gasteiger partial charge in [-0.2, -0.15) is 0 Å². The molecule has 0 aromatic rings. The van der Waals surface area contributed by atoms with Crippen molar-refractivity contribution in [3.05, 3.63) is 11.6 Å². The maximum Gasteiger partial charge on any atom is 0.00178 e. The third-order valence-electron chi connectivity index (χ3n) is 4.52. The standard InChI is InChI=1S/C15H27N/c1-12-9-13(2)15(14(3)10-12)11-16-7-5-4-6-8-16/h9,13-15H,4-8,10-11H2,1-3H3/t13-,14-,15-/m0/s1. The Hall–Kier alpha value is -0.300. The fourth-order valence-corrected chi connectivity index (χ4v) is 3.60. The quantitative estimate of drug-likeness (QED) is 0.643. The first-order valence-corrected chi connectivity index (χ1v) is 7.06. The Balaban J connectivity index is 1.92. The minimum absolute atomic E-state index is 0.783. The first-order chi connectivity index (χ1) is 7.66. The van der Waals surface area contributed by atoms with Crippen molar-refractivity contribution in [3.8, 4) is 0 Å². The lowest BCUT2D eigenvalue weighted by Crippen LogP contribution is -2.39. The van der Waals surface area contributed by atoms with Gasteiger partial charge in [-0.15, -0.1) is 0 Å². The summed E-state index contributed by atoms with van der Waals surface area (Å²) in [6.07, 6.45) is 8.12. The van der Waals surface area contributed by atoms with Gasteiger partial charge in [0.25, 0.3) is 0 Å². The Morgan fingerprint density at radius 3 is 2.50 bits per heavy atom. The van der Waals surface area contributed by atoms with E-state index in [1.54, 1.807) is 5.57 Å². The summed E-state index contributed by atoms with van der Waals surface area (Å²) in [6, 6.07) is 0. The molecule has 1 heterocycles. The van der Waals surface area contributed by atoms with Crippen LogP contribution in [0.3, 0.4) is 0 Å². The van der Waals surface area contributed by atoms with Gasteiger partial charge in [0, 0.05) is 6.54 Å². The molecule has 1 heteroatoms. The highest BCUT2D eigenvalue weighted by atomic mass is 15.1. The molecule has 0 amide bonds. The Bertz CT molecular complexity index is 250. The molecule has 1 saturated heterocycles. The summed E-state index contributed by atoms with van der Waals surface area (Å²) in [5.74, 6) is 2.55. The lowest BCUT2D eigenvalue weighted by atomic mass is 9.74. The van der Waals surface area contributed by atoms with Gasteiger partial charge in [0.15, 0.2) is 0 Å². The average Bonchev–Trinajstić information content (AvgIpc) is 2.25. The fourth-order valence-electron chi connectivity index (χ4n) is 3.60. The van der Waals surface area contributed by atoms with Gasteiger partial charge in [-0.25, -0.2) is 0 Å². The maximum absolute atomic E-state index is 2.70. The Kier molecular flexibility index (Phi) is 4.07. The SMILES string of the molecule is CC1=C[C@H](C)[C@H](CN2CCCCC2)[C@@H](C)C1.